The Hall–Kier alpha value is -0.690. The van der Waals surface area contributed by atoms with Crippen molar-refractivity contribution in [2.45, 2.75) is 36.7 Å². The fourth-order valence-electron chi connectivity index (χ4n) is 1.71. The summed E-state index contributed by atoms with van der Waals surface area (Å²) in [6, 6.07) is 2.81. The second-order valence-corrected chi connectivity index (χ2v) is 5.96. The molecule has 0 amide bonds. The van der Waals surface area contributed by atoms with Gasteiger partial charge >= 0.3 is 0 Å². The van der Waals surface area contributed by atoms with Crippen molar-refractivity contribution in [2.75, 3.05) is 0 Å². The highest BCUT2D eigenvalue weighted by Crippen LogP contribution is 2.20. The first kappa shape index (κ1) is 12.8. The molecule has 1 saturated carbocycles. The smallest absolute Gasteiger partial charge is 0.264 e. The highest BCUT2D eigenvalue weighted by molar-refractivity contribution is 7.89. The van der Waals surface area contributed by atoms with E-state index < -0.39 is 10.0 Å². The predicted octanol–water partition coefficient (Wildman–Crippen LogP) is 1.89. The van der Waals surface area contributed by atoms with Gasteiger partial charge in [0.25, 0.3) is 10.0 Å². The van der Waals surface area contributed by atoms with E-state index >= 15 is 0 Å². The lowest BCUT2D eigenvalue weighted by Crippen LogP contribution is -2.28. The van der Waals surface area contributed by atoms with E-state index in [4.69, 9.17) is 16.4 Å². The van der Waals surface area contributed by atoms with Crippen molar-refractivity contribution in [2.24, 2.45) is 0 Å². The summed E-state index contributed by atoms with van der Waals surface area (Å²) in [5.41, 5.74) is 0. The van der Waals surface area contributed by atoms with Gasteiger partial charge in [-0.25, -0.2) is 13.4 Å². The fraction of sp³-hybridized carbons (Fsp3) is 0.500. The van der Waals surface area contributed by atoms with Crippen LogP contribution >= 0.6 is 11.6 Å². The molecule has 0 bridgehead atoms. The molecule has 0 atom stereocenters. The number of sulfonamides is 1. The molecule has 0 aromatic carbocycles. The first-order chi connectivity index (χ1) is 8.08. The largest absolute Gasteiger partial charge is 0.284 e. The molecule has 0 saturated heterocycles. The molecule has 0 radical (unpaired) electrons. The van der Waals surface area contributed by atoms with Crippen molar-refractivity contribution < 1.29 is 13.3 Å². The molecule has 0 spiro atoms. The summed E-state index contributed by atoms with van der Waals surface area (Å²) in [6.45, 7) is 0. The highest BCUT2D eigenvalue weighted by atomic mass is 35.5. The van der Waals surface area contributed by atoms with E-state index in [1.807, 2.05) is 0 Å². The SMILES string of the molecule is O=S(=O)(NOC1CCCC1)c1ccc(Cl)nc1. The van der Waals surface area contributed by atoms with Crippen molar-refractivity contribution in [3.05, 3.63) is 23.5 Å². The monoisotopic (exact) mass is 276 g/mol. The van der Waals surface area contributed by atoms with Gasteiger partial charge in [-0.2, -0.15) is 0 Å². The van der Waals surface area contributed by atoms with Crippen LogP contribution in [0.4, 0.5) is 0 Å². The molecule has 1 N–H and O–H groups in total. The van der Waals surface area contributed by atoms with Crippen LogP contribution in [0.5, 0.6) is 0 Å². The number of pyridine rings is 1. The maximum atomic E-state index is 11.8. The van der Waals surface area contributed by atoms with Gasteiger partial charge in [0.05, 0.1) is 6.10 Å². The second-order valence-electron chi connectivity index (χ2n) is 3.93. The van der Waals surface area contributed by atoms with Crippen molar-refractivity contribution in [3.63, 3.8) is 0 Å². The lowest BCUT2D eigenvalue weighted by molar-refractivity contribution is 0.0223. The zero-order valence-electron chi connectivity index (χ0n) is 9.10. The van der Waals surface area contributed by atoms with Crippen molar-refractivity contribution in [3.8, 4) is 0 Å². The Kier molecular flexibility index (Phi) is 3.98. The van der Waals surface area contributed by atoms with Crippen LogP contribution in [0.2, 0.25) is 5.15 Å². The molecule has 1 heterocycles. The third-order valence-corrected chi connectivity index (χ3v) is 4.04. The van der Waals surface area contributed by atoms with Crippen molar-refractivity contribution in [1.29, 1.82) is 0 Å². The van der Waals surface area contributed by atoms with Crippen LogP contribution in [0.3, 0.4) is 0 Å². The number of aromatic nitrogens is 1. The molecule has 1 aliphatic rings. The third kappa shape index (κ3) is 3.38. The second kappa shape index (κ2) is 5.30. The molecule has 7 heteroatoms. The minimum Gasteiger partial charge on any atom is -0.284 e. The molecular formula is C10H13ClN2O3S. The predicted molar refractivity (Wildman–Crippen MR) is 62.9 cm³/mol. The van der Waals surface area contributed by atoms with Crippen LogP contribution < -0.4 is 4.89 Å². The Morgan fingerprint density at radius 3 is 2.65 bits per heavy atom. The van der Waals surface area contributed by atoms with Gasteiger partial charge in [-0.3, -0.25) is 4.84 Å². The zero-order chi connectivity index (χ0) is 12.3. The Morgan fingerprint density at radius 2 is 2.06 bits per heavy atom. The molecule has 0 unspecified atom stereocenters. The number of halogens is 1. The normalized spacial score (nSPS) is 17.5. The Morgan fingerprint density at radius 1 is 1.35 bits per heavy atom. The lowest BCUT2D eigenvalue weighted by atomic mass is 10.3. The number of rotatable bonds is 4. The summed E-state index contributed by atoms with van der Waals surface area (Å²) in [5, 5.41) is 0.251. The van der Waals surface area contributed by atoms with Crippen LogP contribution in [-0.2, 0) is 14.9 Å². The summed E-state index contributed by atoms with van der Waals surface area (Å²) in [6.07, 6.45) is 5.11. The van der Waals surface area contributed by atoms with Crippen LogP contribution in [0.25, 0.3) is 0 Å². The maximum Gasteiger partial charge on any atom is 0.264 e. The summed E-state index contributed by atoms with van der Waals surface area (Å²) in [5.74, 6) is 0. The molecular weight excluding hydrogens is 264 g/mol. The highest BCUT2D eigenvalue weighted by Gasteiger charge is 2.20. The number of hydrogen-bond donors (Lipinski definition) is 1. The quantitative estimate of drug-likeness (QED) is 0.673. The molecule has 1 aliphatic carbocycles. The molecule has 1 aromatic heterocycles. The van der Waals surface area contributed by atoms with Gasteiger partial charge in [0, 0.05) is 6.20 Å². The maximum absolute atomic E-state index is 11.8. The fourth-order valence-corrected chi connectivity index (χ4v) is 2.62. The van der Waals surface area contributed by atoms with Crippen LogP contribution in [-0.4, -0.2) is 19.5 Å². The average molecular weight is 277 g/mol. The molecule has 1 aromatic rings. The summed E-state index contributed by atoms with van der Waals surface area (Å²) in [4.78, 5) is 11.0. The van der Waals surface area contributed by atoms with Crippen LogP contribution in [0.15, 0.2) is 23.2 Å². The van der Waals surface area contributed by atoms with Gasteiger partial charge in [-0.15, -0.1) is 0 Å². The number of hydrogen-bond acceptors (Lipinski definition) is 4. The van der Waals surface area contributed by atoms with E-state index in [1.54, 1.807) is 0 Å². The Bertz CT molecular complexity index is 469. The topological polar surface area (TPSA) is 68.3 Å². The van der Waals surface area contributed by atoms with Gasteiger partial charge in [0.2, 0.25) is 0 Å². The zero-order valence-corrected chi connectivity index (χ0v) is 10.7. The first-order valence-corrected chi connectivity index (χ1v) is 7.23. The van der Waals surface area contributed by atoms with E-state index in [1.165, 1.54) is 18.3 Å². The molecule has 1 fully saturated rings. The van der Waals surface area contributed by atoms with Gasteiger partial charge in [-0.1, -0.05) is 29.3 Å². The molecule has 0 aliphatic heterocycles. The van der Waals surface area contributed by atoms with E-state index in [-0.39, 0.29) is 16.2 Å². The van der Waals surface area contributed by atoms with E-state index in [0.29, 0.717) is 0 Å². The third-order valence-electron chi connectivity index (χ3n) is 2.64. The van der Waals surface area contributed by atoms with Gasteiger partial charge in [0.1, 0.15) is 10.0 Å². The van der Waals surface area contributed by atoms with Gasteiger partial charge < -0.3 is 0 Å². The van der Waals surface area contributed by atoms with Crippen LogP contribution in [0, 0.1) is 0 Å². The Labute approximate surface area is 105 Å². The van der Waals surface area contributed by atoms with Gasteiger partial charge in [0.15, 0.2) is 0 Å². The molecule has 2 rings (SSSR count). The van der Waals surface area contributed by atoms with Crippen molar-refractivity contribution >= 4 is 21.6 Å². The number of nitrogens with zero attached hydrogens (tertiary/aromatic N) is 1. The van der Waals surface area contributed by atoms with Gasteiger partial charge in [-0.05, 0) is 25.0 Å². The number of nitrogens with one attached hydrogen (secondary N) is 1. The summed E-state index contributed by atoms with van der Waals surface area (Å²) < 4.78 is 23.6. The van der Waals surface area contributed by atoms with E-state index in [9.17, 15) is 8.42 Å². The molecule has 5 nitrogen and oxygen atoms in total. The minimum atomic E-state index is -3.66. The first-order valence-electron chi connectivity index (χ1n) is 5.37. The summed E-state index contributed by atoms with van der Waals surface area (Å²) >= 11 is 5.58. The minimum absolute atomic E-state index is 0.0231. The van der Waals surface area contributed by atoms with E-state index in [2.05, 4.69) is 9.87 Å². The molecule has 94 valence electrons. The average Bonchev–Trinajstić information content (AvgIpc) is 2.80. The van der Waals surface area contributed by atoms with E-state index in [0.717, 1.165) is 25.7 Å². The van der Waals surface area contributed by atoms with Crippen molar-refractivity contribution in [1.82, 2.24) is 9.87 Å². The standard InChI is InChI=1S/C10H13ClN2O3S/c11-10-6-5-9(7-12-10)17(14,15)13-16-8-3-1-2-4-8/h5-8,13H,1-4H2. The lowest BCUT2D eigenvalue weighted by Gasteiger charge is -2.11. The molecule has 17 heavy (non-hydrogen) atoms. The summed E-state index contributed by atoms with van der Waals surface area (Å²) in [7, 11) is -3.66. The Balaban J connectivity index is 2.00. The van der Waals surface area contributed by atoms with Crippen LogP contribution in [0.1, 0.15) is 25.7 Å².